The Balaban J connectivity index is 0.00000185. The molecule has 258 valence electrons. The molecule has 47 heavy (non-hydrogen) atoms. The van der Waals surface area contributed by atoms with E-state index in [1.807, 2.05) is 27.7 Å². The van der Waals surface area contributed by atoms with E-state index in [2.05, 4.69) is 57.1 Å². The Morgan fingerprint density at radius 1 is 1.11 bits per heavy atom. The summed E-state index contributed by atoms with van der Waals surface area (Å²) in [6.45, 7) is 12.2. The van der Waals surface area contributed by atoms with Gasteiger partial charge >= 0.3 is 0 Å². The van der Waals surface area contributed by atoms with E-state index in [-0.39, 0.29) is 40.2 Å². The van der Waals surface area contributed by atoms with Gasteiger partial charge in [-0.2, -0.15) is 0 Å². The first-order valence-corrected chi connectivity index (χ1v) is 16.9. The van der Waals surface area contributed by atoms with Crippen molar-refractivity contribution in [2.45, 2.75) is 84.5 Å². The molecule has 1 saturated heterocycles. The molecule has 1 aliphatic carbocycles. The van der Waals surface area contributed by atoms with Gasteiger partial charge in [-0.15, -0.1) is 0 Å². The van der Waals surface area contributed by atoms with Crippen molar-refractivity contribution in [3.8, 4) is 28.7 Å². The highest BCUT2D eigenvalue weighted by Crippen LogP contribution is 2.36. The number of thioether (sulfide) groups is 1. The fourth-order valence-electron chi connectivity index (χ4n) is 4.31. The van der Waals surface area contributed by atoms with Gasteiger partial charge in [-0.3, -0.25) is 24.3 Å². The summed E-state index contributed by atoms with van der Waals surface area (Å²) in [5.74, 6) is 6.55. The molecule has 0 bridgehead atoms. The predicted molar refractivity (Wildman–Crippen MR) is 182 cm³/mol. The third kappa shape index (κ3) is 12.1. The zero-order valence-corrected chi connectivity index (χ0v) is 29.0. The highest BCUT2D eigenvalue weighted by atomic mass is 32.2. The molecule has 3 heterocycles. The Morgan fingerprint density at radius 3 is 2.45 bits per heavy atom. The average molecular weight is 676 g/mol. The number of rotatable bonds is 13. The van der Waals surface area contributed by atoms with Crippen LogP contribution in [0.1, 0.15) is 89.7 Å². The van der Waals surface area contributed by atoms with Gasteiger partial charge < -0.3 is 15.4 Å². The number of methoxy groups -OCH3 is 1. The minimum atomic E-state index is -2.87. The number of nitrogens with one attached hydrogen (secondary N) is 4. The summed E-state index contributed by atoms with van der Waals surface area (Å²) < 4.78 is 32.8. The fraction of sp³-hybridized carbons (Fsp3) is 0.545. The van der Waals surface area contributed by atoms with Gasteiger partial charge in [0.15, 0.2) is 0 Å². The van der Waals surface area contributed by atoms with E-state index in [9.17, 15) is 23.2 Å². The number of halogens is 2. The van der Waals surface area contributed by atoms with Crippen LogP contribution in [0.4, 0.5) is 14.6 Å². The molecule has 2 atom stereocenters. The number of carbonyl (C=O) groups excluding carboxylic acids is 3. The lowest BCUT2D eigenvalue weighted by Gasteiger charge is -2.24. The molecule has 2 aromatic heterocycles. The van der Waals surface area contributed by atoms with Gasteiger partial charge in [0.25, 0.3) is 12.3 Å². The average Bonchev–Trinajstić information content (AvgIpc) is 3.82. The molecule has 11 nitrogen and oxygen atoms in total. The number of aromatic nitrogens is 2. The molecule has 0 spiro atoms. The number of hydrazine groups is 1. The van der Waals surface area contributed by atoms with Crippen molar-refractivity contribution in [3.63, 3.8) is 0 Å². The summed E-state index contributed by atoms with van der Waals surface area (Å²) in [4.78, 5) is 47.2. The number of hydrogen-bond donors (Lipinski definition) is 4. The van der Waals surface area contributed by atoms with Gasteiger partial charge in [0.05, 0.1) is 25.4 Å². The van der Waals surface area contributed by atoms with Gasteiger partial charge in [0.2, 0.25) is 12.3 Å². The van der Waals surface area contributed by atoms with E-state index in [0.29, 0.717) is 31.2 Å². The molecule has 2 aromatic rings. The molecular formula is C33H47F2N7O4S. The number of ether oxygens (including phenoxy) is 1. The van der Waals surface area contributed by atoms with E-state index >= 15 is 0 Å². The molecule has 1 saturated carbocycles. The number of anilines is 1. The summed E-state index contributed by atoms with van der Waals surface area (Å²) in [6.07, 6.45) is 3.71. The van der Waals surface area contributed by atoms with Crippen molar-refractivity contribution in [1.29, 1.82) is 0 Å². The normalized spacial score (nSPS) is 16.5. The van der Waals surface area contributed by atoms with E-state index < -0.39 is 29.4 Å². The van der Waals surface area contributed by atoms with E-state index in [4.69, 9.17) is 4.74 Å². The van der Waals surface area contributed by atoms with Crippen LogP contribution in [-0.2, 0) is 9.59 Å². The third-order valence-electron chi connectivity index (χ3n) is 6.71. The molecule has 1 aliphatic heterocycles. The molecule has 0 aromatic carbocycles. The number of pyridine rings is 2. The van der Waals surface area contributed by atoms with Crippen LogP contribution in [0, 0.1) is 23.7 Å². The molecule has 2 unspecified atom stereocenters. The lowest BCUT2D eigenvalue weighted by molar-refractivity contribution is -0.120. The zero-order valence-electron chi connectivity index (χ0n) is 28.2. The van der Waals surface area contributed by atoms with E-state index in [1.165, 1.54) is 42.2 Å². The first-order chi connectivity index (χ1) is 22.7. The highest BCUT2D eigenvalue weighted by molar-refractivity contribution is 8.00. The number of nitrogens with zero attached hydrogens (tertiary/aromatic N) is 3. The van der Waals surface area contributed by atoms with Crippen LogP contribution in [0.5, 0.6) is 5.75 Å². The van der Waals surface area contributed by atoms with Gasteiger partial charge in [0, 0.05) is 29.8 Å². The summed E-state index contributed by atoms with van der Waals surface area (Å²) in [5.41, 5.74) is 5.46. The second-order valence-corrected chi connectivity index (χ2v) is 11.7. The quantitative estimate of drug-likeness (QED) is 0.166. The fourth-order valence-corrected chi connectivity index (χ4v) is 5.17. The minimum Gasteiger partial charge on any atom is -0.494 e. The smallest absolute Gasteiger partial charge is 0.280 e. The summed E-state index contributed by atoms with van der Waals surface area (Å²) >= 11 is 1.38. The Hall–Kier alpha value is -3.80. The lowest BCUT2D eigenvalue weighted by Crippen LogP contribution is -2.43. The molecule has 14 heteroatoms. The molecule has 2 fully saturated rings. The van der Waals surface area contributed by atoms with Crippen LogP contribution in [-0.4, -0.2) is 59.3 Å². The largest absolute Gasteiger partial charge is 0.494 e. The Morgan fingerprint density at radius 2 is 1.83 bits per heavy atom. The number of carbonyl (C=O) groups is 3. The maximum atomic E-state index is 13.7. The third-order valence-corrected chi connectivity index (χ3v) is 7.73. The lowest BCUT2D eigenvalue weighted by atomic mass is 9.99. The first-order valence-electron chi connectivity index (χ1n) is 16.0. The van der Waals surface area contributed by atoms with Crippen LogP contribution in [0.3, 0.4) is 0 Å². The van der Waals surface area contributed by atoms with Gasteiger partial charge in [-0.05, 0) is 43.7 Å². The van der Waals surface area contributed by atoms with Crippen LogP contribution in [0.15, 0.2) is 24.5 Å². The van der Waals surface area contributed by atoms with Gasteiger partial charge in [-0.25, -0.2) is 24.6 Å². The predicted octanol–water partition coefficient (Wildman–Crippen LogP) is 5.25. The van der Waals surface area contributed by atoms with E-state index in [0.717, 1.165) is 25.3 Å². The van der Waals surface area contributed by atoms with Crippen molar-refractivity contribution >= 4 is 35.8 Å². The summed E-state index contributed by atoms with van der Waals surface area (Å²) in [6, 6.07) is 2.65. The van der Waals surface area contributed by atoms with Crippen LogP contribution in [0.25, 0.3) is 11.1 Å². The van der Waals surface area contributed by atoms with Crippen molar-refractivity contribution in [3.05, 3.63) is 35.8 Å². The number of hydrogen-bond acceptors (Lipinski definition) is 9. The maximum Gasteiger partial charge on any atom is 0.280 e. The summed E-state index contributed by atoms with van der Waals surface area (Å²) in [5, 5.41) is 5.02. The van der Waals surface area contributed by atoms with Gasteiger partial charge in [-0.1, -0.05) is 65.1 Å². The molecule has 4 N–H and O–H groups in total. The van der Waals surface area contributed by atoms with E-state index in [1.54, 1.807) is 0 Å². The standard InChI is InChI=1S/C29H35F2N7O4S.2C2H6/c1-17(2)5-4-10-38(26(40)15-32-16-39)24-12-19(20-11-22(27(30)31)33-14-23(20)42-3)21(13-34-24)28(41)35-29-37-36-25(43-29)9-8-18-6-7-18;2*1-2/h11-14,16-18,25,27,29,36-37H,4-7,10,15H2,1-3H3,(H,32,39)(H,35,41);2*1-2H3. The molecule has 0 radical (unpaired) electrons. The molecule has 2 aliphatic rings. The topological polar surface area (TPSA) is 138 Å². The van der Waals surface area contributed by atoms with Crippen molar-refractivity contribution < 1.29 is 27.9 Å². The van der Waals surface area contributed by atoms with Crippen LogP contribution < -0.4 is 31.1 Å². The molecular weight excluding hydrogens is 628 g/mol. The second-order valence-electron chi connectivity index (χ2n) is 10.5. The molecule has 4 rings (SSSR count). The monoisotopic (exact) mass is 675 g/mol. The Labute approximate surface area is 280 Å². The SMILES string of the molecule is CC.CC.COc1cnc(C(F)F)cc1-c1cc(N(CCCC(C)C)C(=O)CNC=O)ncc1C(=O)NC1NNC(C#CC2CC2)S1. The van der Waals surface area contributed by atoms with Crippen molar-refractivity contribution in [2.24, 2.45) is 11.8 Å². The second kappa shape index (κ2) is 20.4. The van der Waals surface area contributed by atoms with Crippen LogP contribution >= 0.6 is 11.8 Å². The van der Waals surface area contributed by atoms with Crippen molar-refractivity contribution in [2.75, 3.05) is 25.1 Å². The number of amides is 3. The molecule has 3 amide bonds. The highest BCUT2D eigenvalue weighted by Gasteiger charge is 2.28. The Bertz CT molecular complexity index is 1380. The zero-order chi connectivity index (χ0) is 34.9. The first kappa shape index (κ1) is 39.4. The van der Waals surface area contributed by atoms with Crippen molar-refractivity contribution in [1.82, 2.24) is 31.5 Å². The van der Waals surface area contributed by atoms with Gasteiger partial charge in [0.1, 0.15) is 28.1 Å². The number of alkyl halides is 2. The summed E-state index contributed by atoms with van der Waals surface area (Å²) in [7, 11) is 1.37. The maximum absolute atomic E-state index is 13.7. The minimum absolute atomic E-state index is 0.0731. The Kier molecular flexibility index (Phi) is 17.1. The van der Waals surface area contributed by atoms with Crippen LogP contribution in [0.2, 0.25) is 0 Å².